The Labute approximate surface area is 130 Å². The molecule has 0 radical (unpaired) electrons. The second-order valence-electron chi connectivity index (χ2n) is 4.81. The van der Waals surface area contributed by atoms with Gasteiger partial charge in [-0.25, -0.2) is 9.37 Å². The number of carbonyl (C=O) groups excluding carboxylic acids is 1. The zero-order chi connectivity index (χ0) is 16.2. The van der Waals surface area contributed by atoms with Gasteiger partial charge in [0.05, 0.1) is 6.26 Å². The van der Waals surface area contributed by atoms with Crippen molar-refractivity contribution in [3.05, 3.63) is 77.5 Å². The van der Waals surface area contributed by atoms with Gasteiger partial charge in [0.1, 0.15) is 12.1 Å². The molecule has 116 valence electrons. The summed E-state index contributed by atoms with van der Waals surface area (Å²) in [7, 11) is 0. The minimum absolute atomic E-state index is 0.0880. The van der Waals surface area contributed by atoms with Crippen molar-refractivity contribution in [2.45, 2.75) is 6.42 Å². The van der Waals surface area contributed by atoms with Crippen LogP contribution in [0.3, 0.4) is 0 Å². The van der Waals surface area contributed by atoms with Crippen molar-refractivity contribution in [1.29, 1.82) is 0 Å². The fraction of sp³-hybridized carbons (Fsp3) is 0.0625. The maximum Gasteiger partial charge on any atom is 0.225 e. The molecule has 0 fully saturated rings. The van der Waals surface area contributed by atoms with E-state index < -0.39 is 5.78 Å². The normalized spacial score (nSPS) is 11.6. The van der Waals surface area contributed by atoms with Crippen molar-refractivity contribution in [3.63, 3.8) is 0 Å². The lowest BCUT2D eigenvalue weighted by molar-refractivity contribution is 0.102. The number of rotatable bonds is 5. The lowest BCUT2D eigenvalue weighted by atomic mass is 10.0. The topological polar surface area (TPSA) is 92.0 Å². The van der Waals surface area contributed by atoms with Gasteiger partial charge in [0.2, 0.25) is 5.78 Å². The van der Waals surface area contributed by atoms with Crippen LogP contribution in [0.5, 0.6) is 0 Å². The molecular formula is C16H12FN3O3. The Kier molecular flexibility index (Phi) is 4.01. The van der Waals surface area contributed by atoms with E-state index in [0.29, 0.717) is 12.0 Å². The van der Waals surface area contributed by atoms with E-state index in [-0.39, 0.29) is 23.2 Å². The first-order valence-electron chi connectivity index (χ1n) is 6.75. The highest BCUT2D eigenvalue weighted by atomic mass is 19.1. The highest BCUT2D eigenvalue weighted by Gasteiger charge is 2.16. The number of H-pyrrole nitrogens is 1. The van der Waals surface area contributed by atoms with Gasteiger partial charge < -0.3 is 9.52 Å². The van der Waals surface area contributed by atoms with Crippen LogP contribution in [0.2, 0.25) is 0 Å². The maximum absolute atomic E-state index is 12.9. The van der Waals surface area contributed by atoms with E-state index in [1.54, 1.807) is 18.2 Å². The number of nitrogens with zero attached hydrogens (tertiary/aromatic N) is 2. The molecule has 7 heteroatoms. The molecule has 0 aliphatic rings. The number of aliphatic hydroxyl groups is 1. The van der Waals surface area contributed by atoms with Gasteiger partial charge >= 0.3 is 0 Å². The molecule has 3 rings (SSSR count). The number of aliphatic hydroxyl groups excluding tert-OH is 1. The van der Waals surface area contributed by atoms with Crippen LogP contribution in [-0.2, 0) is 6.42 Å². The highest BCUT2D eigenvalue weighted by molar-refractivity contribution is 6.06. The number of aromatic nitrogens is 3. The third-order valence-electron chi connectivity index (χ3n) is 3.20. The summed E-state index contributed by atoms with van der Waals surface area (Å²) < 4.78 is 18.1. The first-order chi connectivity index (χ1) is 11.1. The minimum atomic E-state index is -0.499. The highest BCUT2D eigenvalue weighted by Crippen LogP contribution is 2.18. The van der Waals surface area contributed by atoms with Gasteiger partial charge in [-0.1, -0.05) is 12.1 Å². The summed E-state index contributed by atoms with van der Waals surface area (Å²) in [6, 6.07) is 7.64. The van der Waals surface area contributed by atoms with Gasteiger partial charge in [0.15, 0.2) is 17.3 Å². The summed E-state index contributed by atoms with van der Waals surface area (Å²) >= 11 is 0. The molecular weight excluding hydrogens is 301 g/mol. The van der Waals surface area contributed by atoms with E-state index in [0.717, 1.165) is 11.6 Å². The molecule has 2 heterocycles. The van der Waals surface area contributed by atoms with Gasteiger partial charge in [0.25, 0.3) is 0 Å². The van der Waals surface area contributed by atoms with E-state index in [1.807, 2.05) is 0 Å². The molecule has 2 N–H and O–H groups in total. The van der Waals surface area contributed by atoms with Gasteiger partial charge in [-0.15, -0.1) is 0 Å². The lowest BCUT2D eigenvalue weighted by Gasteiger charge is -2.01. The minimum Gasteiger partial charge on any atom is -0.504 e. The smallest absolute Gasteiger partial charge is 0.225 e. The first-order valence-corrected chi connectivity index (χ1v) is 6.75. The Morgan fingerprint density at radius 1 is 1.30 bits per heavy atom. The number of ketones is 1. The Morgan fingerprint density at radius 3 is 2.78 bits per heavy atom. The van der Waals surface area contributed by atoms with Crippen LogP contribution in [0.25, 0.3) is 5.76 Å². The summed E-state index contributed by atoms with van der Waals surface area (Å²) in [6.45, 7) is 0. The van der Waals surface area contributed by atoms with E-state index in [2.05, 4.69) is 15.2 Å². The summed E-state index contributed by atoms with van der Waals surface area (Å²) in [5.74, 6) is -0.958. The Hall–Kier alpha value is -3.22. The van der Waals surface area contributed by atoms with Crippen molar-refractivity contribution in [1.82, 2.24) is 15.2 Å². The quantitative estimate of drug-likeness (QED) is 0.429. The largest absolute Gasteiger partial charge is 0.504 e. The number of halogens is 1. The lowest BCUT2D eigenvalue weighted by Crippen LogP contribution is -2.00. The second-order valence-corrected chi connectivity index (χ2v) is 4.81. The number of aromatic amines is 1. The van der Waals surface area contributed by atoms with Crippen molar-refractivity contribution in [2.75, 3.05) is 0 Å². The molecule has 6 nitrogen and oxygen atoms in total. The van der Waals surface area contributed by atoms with Gasteiger partial charge in [-0.2, -0.15) is 5.10 Å². The molecule has 0 bridgehead atoms. The zero-order valence-electron chi connectivity index (χ0n) is 11.9. The molecule has 0 aliphatic carbocycles. The van der Waals surface area contributed by atoms with E-state index in [4.69, 9.17) is 4.42 Å². The van der Waals surface area contributed by atoms with Crippen LogP contribution in [0.4, 0.5) is 4.39 Å². The maximum atomic E-state index is 12.9. The number of hydrogen-bond donors (Lipinski definition) is 2. The molecule has 3 aromatic rings. The summed E-state index contributed by atoms with van der Waals surface area (Å²) in [6.07, 6.45) is 4.03. The van der Waals surface area contributed by atoms with E-state index >= 15 is 0 Å². The number of benzene rings is 1. The second kappa shape index (κ2) is 6.27. The van der Waals surface area contributed by atoms with Crippen LogP contribution in [-0.4, -0.2) is 26.1 Å². The van der Waals surface area contributed by atoms with Crippen molar-refractivity contribution < 1.29 is 18.7 Å². The standard InChI is InChI=1S/C16H12FN3O3/c17-12-3-1-10(2-4-12)7-11-5-6-23-15(11)13(21)8-14(22)16-18-9-19-20-16/h1-6,8-9,22H,7H2,(H,18,19,20)/b14-8-. The number of allylic oxidation sites excluding steroid dienone is 1. The van der Waals surface area contributed by atoms with Crippen molar-refractivity contribution in [3.8, 4) is 0 Å². The third kappa shape index (κ3) is 3.34. The first kappa shape index (κ1) is 14.7. The van der Waals surface area contributed by atoms with Crippen LogP contribution in [0.15, 0.2) is 53.4 Å². The molecule has 2 aromatic heterocycles. The van der Waals surface area contributed by atoms with Crippen LogP contribution in [0.1, 0.15) is 27.5 Å². The number of carbonyl (C=O) groups is 1. The number of furan rings is 1. The average Bonchev–Trinajstić information content (AvgIpc) is 3.20. The van der Waals surface area contributed by atoms with Crippen molar-refractivity contribution in [2.24, 2.45) is 0 Å². The molecule has 0 aliphatic heterocycles. The van der Waals surface area contributed by atoms with Gasteiger partial charge in [0, 0.05) is 18.1 Å². The SMILES string of the molecule is O=C(/C=C(\O)c1ncn[nH]1)c1occc1Cc1ccc(F)cc1. The Balaban J connectivity index is 1.81. The zero-order valence-corrected chi connectivity index (χ0v) is 11.9. The average molecular weight is 313 g/mol. The number of hydrogen-bond acceptors (Lipinski definition) is 5. The van der Waals surface area contributed by atoms with E-state index in [1.165, 1.54) is 24.7 Å². The monoisotopic (exact) mass is 313 g/mol. The van der Waals surface area contributed by atoms with Gasteiger partial charge in [-0.05, 0) is 23.8 Å². The van der Waals surface area contributed by atoms with E-state index in [9.17, 15) is 14.3 Å². The molecule has 23 heavy (non-hydrogen) atoms. The molecule has 1 aromatic carbocycles. The molecule has 0 spiro atoms. The van der Waals surface area contributed by atoms with Crippen LogP contribution < -0.4 is 0 Å². The summed E-state index contributed by atoms with van der Waals surface area (Å²) in [4.78, 5) is 16.0. The fourth-order valence-corrected chi connectivity index (χ4v) is 2.10. The fourth-order valence-electron chi connectivity index (χ4n) is 2.10. The predicted molar refractivity (Wildman–Crippen MR) is 79.2 cm³/mol. The third-order valence-corrected chi connectivity index (χ3v) is 3.20. The number of nitrogens with one attached hydrogen (secondary N) is 1. The Bertz CT molecular complexity index is 836. The summed E-state index contributed by atoms with van der Waals surface area (Å²) in [5.41, 5.74) is 1.48. The van der Waals surface area contributed by atoms with Crippen LogP contribution in [0, 0.1) is 5.82 Å². The molecule has 0 unspecified atom stereocenters. The van der Waals surface area contributed by atoms with Crippen LogP contribution >= 0.6 is 0 Å². The summed E-state index contributed by atoms with van der Waals surface area (Å²) in [5, 5.41) is 15.9. The Morgan fingerprint density at radius 2 is 2.09 bits per heavy atom. The predicted octanol–water partition coefficient (Wildman–Crippen LogP) is 2.91. The van der Waals surface area contributed by atoms with Gasteiger partial charge in [-0.3, -0.25) is 9.89 Å². The molecule has 0 atom stereocenters. The molecule has 0 saturated carbocycles. The molecule has 0 amide bonds. The van der Waals surface area contributed by atoms with Crippen molar-refractivity contribution >= 4 is 11.5 Å². The molecule has 0 saturated heterocycles.